The lowest BCUT2D eigenvalue weighted by atomic mass is 10.2. The van der Waals surface area contributed by atoms with Crippen molar-refractivity contribution < 1.29 is 9.59 Å². The number of thiophene rings is 1. The van der Waals surface area contributed by atoms with Crippen molar-refractivity contribution in [1.82, 2.24) is 10.2 Å². The summed E-state index contributed by atoms with van der Waals surface area (Å²) >= 11 is 7.55. The maximum atomic E-state index is 12.3. The summed E-state index contributed by atoms with van der Waals surface area (Å²) in [6, 6.07) is 11.7. The molecule has 1 N–H and O–H groups in total. The number of rotatable bonds is 5. The maximum absolute atomic E-state index is 12.3. The van der Waals surface area contributed by atoms with Gasteiger partial charge in [-0.1, -0.05) is 11.6 Å². The van der Waals surface area contributed by atoms with E-state index in [0.29, 0.717) is 18.1 Å². The number of nitrogens with zero attached hydrogens (tertiary/aromatic N) is 2. The molecule has 0 bridgehead atoms. The van der Waals surface area contributed by atoms with Crippen LogP contribution in [-0.4, -0.2) is 49.4 Å². The average Bonchev–Trinajstić information content (AvgIpc) is 3.10. The Morgan fingerprint density at radius 1 is 1.11 bits per heavy atom. The lowest BCUT2D eigenvalue weighted by Gasteiger charge is -2.36. The molecule has 1 fully saturated rings. The van der Waals surface area contributed by atoms with E-state index in [1.807, 2.05) is 43.3 Å². The first-order valence-corrected chi connectivity index (χ1v) is 10.0. The van der Waals surface area contributed by atoms with Gasteiger partial charge in [-0.3, -0.25) is 9.59 Å². The standard InChI is InChI=1S/C20H22ClN3O2S/c1-15-2-7-18(27-15)8-9-19(25)22-14-20(26)24-12-10-23(11-13-24)17-5-3-16(21)4-6-17/h2-9H,10-14H2,1H3,(H,22,25)/b9-8+. The van der Waals surface area contributed by atoms with Gasteiger partial charge in [0, 0.05) is 52.7 Å². The highest BCUT2D eigenvalue weighted by atomic mass is 35.5. The Bertz CT molecular complexity index is 824. The molecule has 2 aromatic rings. The van der Waals surface area contributed by atoms with E-state index >= 15 is 0 Å². The summed E-state index contributed by atoms with van der Waals surface area (Å²) < 4.78 is 0. The maximum Gasteiger partial charge on any atom is 0.244 e. The van der Waals surface area contributed by atoms with Gasteiger partial charge in [0.2, 0.25) is 11.8 Å². The number of amides is 2. The average molecular weight is 404 g/mol. The van der Waals surface area contributed by atoms with Crippen LogP contribution >= 0.6 is 22.9 Å². The molecule has 2 amide bonds. The smallest absolute Gasteiger partial charge is 0.244 e. The fourth-order valence-corrected chi connectivity index (χ4v) is 3.81. The largest absolute Gasteiger partial charge is 0.368 e. The molecule has 0 spiro atoms. The Hall–Kier alpha value is -2.31. The van der Waals surface area contributed by atoms with E-state index in [1.165, 1.54) is 11.0 Å². The molecule has 0 unspecified atom stereocenters. The summed E-state index contributed by atoms with van der Waals surface area (Å²) in [5.74, 6) is -0.311. The van der Waals surface area contributed by atoms with Gasteiger partial charge in [0.25, 0.3) is 0 Å². The summed E-state index contributed by atoms with van der Waals surface area (Å²) in [6.07, 6.45) is 3.24. The number of halogens is 1. The molecule has 1 saturated heterocycles. The fourth-order valence-electron chi connectivity index (χ4n) is 2.90. The number of hydrogen-bond acceptors (Lipinski definition) is 4. The van der Waals surface area contributed by atoms with Crippen molar-refractivity contribution in [2.45, 2.75) is 6.92 Å². The minimum atomic E-state index is -0.255. The lowest BCUT2D eigenvalue weighted by Crippen LogP contribution is -2.51. The van der Waals surface area contributed by atoms with Gasteiger partial charge in [-0.25, -0.2) is 0 Å². The van der Waals surface area contributed by atoms with E-state index in [9.17, 15) is 9.59 Å². The molecule has 3 rings (SSSR count). The van der Waals surface area contributed by atoms with Gasteiger partial charge in [0.05, 0.1) is 6.54 Å². The minimum Gasteiger partial charge on any atom is -0.368 e. The predicted octanol–water partition coefficient (Wildman–Crippen LogP) is 3.19. The van der Waals surface area contributed by atoms with E-state index in [4.69, 9.17) is 11.6 Å². The Morgan fingerprint density at radius 3 is 2.44 bits per heavy atom. The van der Waals surface area contributed by atoms with Crippen LogP contribution in [-0.2, 0) is 9.59 Å². The highest BCUT2D eigenvalue weighted by Gasteiger charge is 2.21. The Labute approximate surface area is 168 Å². The highest BCUT2D eigenvalue weighted by Crippen LogP contribution is 2.19. The van der Waals surface area contributed by atoms with Gasteiger partial charge in [-0.2, -0.15) is 0 Å². The van der Waals surface area contributed by atoms with Crippen molar-refractivity contribution in [3.8, 4) is 0 Å². The molecule has 1 aliphatic heterocycles. The van der Waals surface area contributed by atoms with E-state index in [0.717, 1.165) is 23.7 Å². The lowest BCUT2D eigenvalue weighted by molar-refractivity contribution is -0.132. The minimum absolute atomic E-state index is 0.0214. The molecule has 1 aromatic heterocycles. The molecule has 0 radical (unpaired) electrons. The summed E-state index contributed by atoms with van der Waals surface area (Å²) in [7, 11) is 0. The molecule has 0 aliphatic carbocycles. The summed E-state index contributed by atoms with van der Waals surface area (Å²) in [4.78, 5) is 30.4. The zero-order chi connectivity index (χ0) is 19.2. The SMILES string of the molecule is Cc1ccc(/C=C/C(=O)NCC(=O)N2CCN(c3ccc(Cl)cc3)CC2)s1. The topological polar surface area (TPSA) is 52.7 Å². The number of carbonyl (C=O) groups excluding carboxylic acids is 2. The third-order valence-corrected chi connectivity index (χ3v) is 5.62. The molecule has 1 aromatic carbocycles. The van der Waals surface area contributed by atoms with Crippen LogP contribution in [0.5, 0.6) is 0 Å². The van der Waals surface area contributed by atoms with Crippen molar-refractivity contribution in [2.75, 3.05) is 37.6 Å². The predicted molar refractivity (Wildman–Crippen MR) is 111 cm³/mol. The fraction of sp³-hybridized carbons (Fsp3) is 0.300. The third kappa shape index (κ3) is 5.58. The number of anilines is 1. The zero-order valence-electron chi connectivity index (χ0n) is 15.2. The molecular formula is C20H22ClN3O2S. The molecule has 5 nitrogen and oxygen atoms in total. The molecular weight excluding hydrogens is 382 g/mol. The molecule has 142 valence electrons. The number of hydrogen-bond donors (Lipinski definition) is 1. The van der Waals surface area contributed by atoms with Crippen LogP contribution < -0.4 is 10.2 Å². The Morgan fingerprint density at radius 2 is 1.81 bits per heavy atom. The summed E-state index contributed by atoms with van der Waals surface area (Å²) in [5, 5.41) is 3.38. The highest BCUT2D eigenvalue weighted by molar-refractivity contribution is 7.12. The molecule has 2 heterocycles. The first-order valence-electron chi connectivity index (χ1n) is 8.82. The van der Waals surface area contributed by atoms with Gasteiger partial charge in [-0.05, 0) is 49.4 Å². The molecule has 1 aliphatic rings. The van der Waals surface area contributed by atoms with Crippen LogP contribution in [0.1, 0.15) is 9.75 Å². The molecule has 7 heteroatoms. The van der Waals surface area contributed by atoms with Crippen molar-refractivity contribution in [3.05, 3.63) is 57.3 Å². The molecule has 27 heavy (non-hydrogen) atoms. The van der Waals surface area contributed by atoms with Gasteiger partial charge in [0.1, 0.15) is 0 Å². The number of nitrogens with one attached hydrogen (secondary N) is 1. The van der Waals surface area contributed by atoms with Crippen molar-refractivity contribution >= 4 is 46.5 Å². The van der Waals surface area contributed by atoms with Gasteiger partial charge >= 0.3 is 0 Å². The van der Waals surface area contributed by atoms with Gasteiger partial charge < -0.3 is 15.1 Å². The summed E-state index contributed by atoms with van der Waals surface area (Å²) in [6.45, 7) is 4.85. The first-order chi connectivity index (χ1) is 13.0. The number of carbonyl (C=O) groups is 2. The van der Waals surface area contributed by atoms with Crippen LogP contribution in [0, 0.1) is 6.92 Å². The first kappa shape index (κ1) is 19.5. The van der Waals surface area contributed by atoms with E-state index < -0.39 is 0 Å². The van der Waals surface area contributed by atoms with E-state index in [-0.39, 0.29) is 18.4 Å². The number of aryl methyl sites for hydroxylation is 1. The third-order valence-electron chi connectivity index (χ3n) is 4.40. The zero-order valence-corrected chi connectivity index (χ0v) is 16.7. The van der Waals surface area contributed by atoms with Crippen LogP contribution in [0.2, 0.25) is 5.02 Å². The van der Waals surface area contributed by atoms with E-state index in [2.05, 4.69) is 10.2 Å². The van der Waals surface area contributed by atoms with Crippen LogP contribution in [0.3, 0.4) is 0 Å². The second-order valence-electron chi connectivity index (χ2n) is 6.34. The van der Waals surface area contributed by atoms with Gasteiger partial charge in [-0.15, -0.1) is 11.3 Å². The van der Waals surface area contributed by atoms with Crippen LogP contribution in [0.15, 0.2) is 42.5 Å². The quantitative estimate of drug-likeness (QED) is 0.780. The van der Waals surface area contributed by atoms with Crippen molar-refractivity contribution in [2.24, 2.45) is 0 Å². The molecule has 0 atom stereocenters. The second kappa shape index (κ2) is 9.06. The number of piperazine rings is 1. The Kier molecular flexibility index (Phi) is 6.53. The Balaban J connectivity index is 1.42. The van der Waals surface area contributed by atoms with E-state index in [1.54, 1.807) is 22.3 Å². The molecule has 0 saturated carbocycles. The second-order valence-corrected chi connectivity index (χ2v) is 8.10. The summed E-state index contributed by atoms with van der Waals surface area (Å²) in [5.41, 5.74) is 1.11. The number of benzene rings is 1. The van der Waals surface area contributed by atoms with Crippen molar-refractivity contribution in [1.29, 1.82) is 0 Å². The van der Waals surface area contributed by atoms with Crippen LogP contribution in [0.25, 0.3) is 6.08 Å². The monoisotopic (exact) mass is 403 g/mol. The van der Waals surface area contributed by atoms with Crippen molar-refractivity contribution in [3.63, 3.8) is 0 Å². The normalized spacial score (nSPS) is 14.6. The van der Waals surface area contributed by atoms with Crippen LogP contribution in [0.4, 0.5) is 5.69 Å². The van der Waals surface area contributed by atoms with Gasteiger partial charge in [0.15, 0.2) is 0 Å².